The van der Waals surface area contributed by atoms with E-state index in [2.05, 4.69) is 26.3 Å². The molecule has 1 saturated heterocycles. The van der Waals surface area contributed by atoms with Crippen LogP contribution in [0.4, 0.5) is 5.95 Å². The first-order valence-corrected chi connectivity index (χ1v) is 10.9. The summed E-state index contributed by atoms with van der Waals surface area (Å²) in [6, 6.07) is 13.7. The van der Waals surface area contributed by atoms with E-state index < -0.39 is 5.92 Å². The van der Waals surface area contributed by atoms with Crippen molar-refractivity contribution in [1.29, 1.82) is 10.5 Å². The van der Waals surface area contributed by atoms with E-state index in [0.717, 1.165) is 41.2 Å². The summed E-state index contributed by atoms with van der Waals surface area (Å²) in [4.78, 5) is 26.9. The van der Waals surface area contributed by atoms with Gasteiger partial charge in [-0.25, -0.2) is 15.0 Å². The number of aromatic nitrogens is 3. The maximum atomic E-state index is 11.6. The van der Waals surface area contributed by atoms with Crippen molar-refractivity contribution in [3.8, 4) is 12.1 Å². The molecular formula is C22H23N7OS. The number of benzene rings is 1. The number of nitrogens with one attached hydrogen (secondary N) is 1. The van der Waals surface area contributed by atoms with Crippen LogP contribution in [0.25, 0.3) is 10.2 Å². The molecule has 1 unspecified atom stereocenters. The normalized spacial score (nSPS) is 13.8. The molecule has 4 rings (SSSR count). The number of nitriles is 2. The molecule has 1 amide bonds. The van der Waals surface area contributed by atoms with Crippen molar-refractivity contribution in [3.63, 3.8) is 0 Å². The van der Waals surface area contributed by atoms with Crippen LogP contribution in [0.1, 0.15) is 42.8 Å². The molecule has 31 heavy (non-hydrogen) atoms. The van der Waals surface area contributed by atoms with E-state index >= 15 is 0 Å². The number of hydrogen-bond acceptors (Lipinski definition) is 8. The second kappa shape index (κ2) is 11.0. The highest BCUT2D eigenvalue weighted by Gasteiger charge is 2.21. The van der Waals surface area contributed by atoms with Crippen molar-refractivity contribution in [2.45, 2.75) is 32.1 Å². The van der Waals surface area contributed by atoms with Gasteiger partial charge in [0.2, 0.25) is 11.9 Å². The Kier molecular flexibility index (Phi) is 7.85. The molecular weight excluding hydrogens is 410 g/mol. The van der Waals surface area contributed by atoms with Crippen LogP contribution >= 0.6 is 11.3 Å². The van der Waals surface area contributed by atoms with Gasteiger partial charge in [0.1, 0.15) is 10.9 Å². The molecule has 9 heteroatoms. The first-order chi connectivity index (χ1) is 15.2. The Morgan fingerprint density at radius 1 is 1.26 bits per heavy atom. The van der Waals surface area contributed by atoms with E-state index in [4.69, 9.17) is 5.26 Å². The van der Waals surface area contributed by atoms with E-state index in [-0.39, 0.29) is 5.91 Å². The Balaban J connectivity index is 0.000000858. The van der Waals surface area contributed by atoms with Gasteiger partial charge in [-0.1, -0.05) is 12.1 Å². The summed E-state index contributed by atoms with van der Waals surface area (Å²) in [7, 11) is 0. The molecule has 1 atom stereocenters. The monoisotopic (exact) mass is 433 g/mol. The number of rotatable bonds is 7. The molecule has 1 fully saturated rings. The zero-order chi connectivity index (χ0) is 22.1. The second-order valence-corrected chi connectivity index (χ2v) is 7.94. The maximum Gasteiger partial charge on any atom is 0.222 e. The van der Waals surface area contributed by atoms with Gasteiger partial charge in [-0.15, -0.1) is 11.3 Å². The molecule has 3 heterocycles. The lowest BCUT2D eigenvalue weighted by atomic mass is 10.1. The highest BCUT2D eigenvalue weighted by molar-refractivity contribution is 7.18. The van der Waals surface area contributed by atoms with Gasteiger partial charge in [0.25, 0.3) is 0 Å². The minimum absolute atomic E-state index is 0.242. The fourth-order valence-electron chi connectivity index (χ4n) is 3.29. The van der Waals surface area contributed by atoms with Crippen molar-refractivity contribution < 1.29 is 4.79 Å². The van der Waals surface area contributed by atoms with Gasteiger partial charge in [0.15, 0.2) is 0 Å². The first-order valence-electron chi connectivity index (χ1n) is 10.1. The van der Waals surface area contributed by atoms with E-state index in [1.54, 1.807) is 18.3 Å². The molecule has 1 aromatic carbocycles. The highest BCUT2D eigenvalue weighted by atomic mass is 32.1. The minimum Gasteiger partial charge on any atom is -0.354 e. The van der Waals surface area contributed by atoms with Crippen LogP contribution in [0.5, 0.6) is 0 Å². The molecule has 0 aliphatic carbocycles. The Labute approximate surface area is 185 Å². The molecule has 1 aliphatic heterocycles. The van der Waals surface area contributed by atoms with Crippen molar-refractivity contribution >= 4 is 33.4 Å². The number of likely N-dealkylation sites (tertiary alicyclic amines) is 1. The Morgan fingerprint density at radius 3 is 2.77 bits per heavy atom. The van der Waals surface area contributed by atoms with Crippen molar-refractivity contribution in [1.82, 2.24) is 19.9 Å². The van der Waals surface area contributed by atoms with E-state index in [1.807, 2.05) is 29.2 Å². The topological polar surface area (TPSA) is 119 Å². The third kappa shape index (κ3) is 5.74. The van der Waals surface area contributed by atoms with Crippen molar-refractivity contribution in [3.05, 3.63) is 47.2 Å². The summed E-state index contributed by atoms with van der Waals surface area (Å²) in [5.41, 5.74) is 1.53. The second-order valence-electron chi connectivity index (χ2n) is 6.88. The van der Waals surface area contributed by atoms with Gasteiger partial charge in [0.05, 0.1) is 28.0 Å². The number of fused-ring (bicyclic) bond motifs is 1. The van der Waals surface area contributed by atoms with Gasteiger partial charge >= 0.3 is 0 Å². The zero-order valence-electron chi connectivity index (χ0n) is 17.3. The van der Waals surface area contributed by atoms with Crippen LogP contribution in [0.3, 0.4) is 0 Å². The first kappa shape index (κ1) is 22.1. The number of thiazole rings is 1. The van der Waals surface area contributed by atoms with Crippen LogP contribution in [-0.4, -0.2) is 45.4 Å². The Morgan fingerprint density at radius 2 is 2.06 bits per heavy atom. The SMILES string of the molecule is CC#N.N#CC(c1ccnc(NCCCN2CCCC2=O)n1)c1nc2ccccc2s1. The van der Waals surface area contributed by atoms with Gasteiger partial charge in [0, 0.05) is 39.2 Å². The molecule has 8 nitrogen and oxygen atoms in total. The molecule has 0 bridgehead atoms. The highest BCUT2D eigenvalue weighted by Crippen LogP contribution is 2.30. The van der Waals surface area contributed by atoms with Crippen LogP contribution in [-0.2, 0) is 4.79 Å². The Hall–Kier alpha value is -3.56. The number of amides is 1. The average molecular weight is 434 g/mol. The molecule has 0 spiro atoms. The summed E-state index contributed by atoms with van der Waals surface area (Å²) in [5.74, 6) is 0.209. The lowest BCUT2D eigenvalue weighted by molar-refractivity contribution is -0.127. The summed E-state index contributed by atoms with van der Waals surface area (Å²) < 4.78 is 1.06. The van der Waals surface area contributed by atoms with E-state index in [0.29, 0.717) is 24.6 Å². The summed E-state index contributed by atoms with van der Waals surface area (Å²) in [6.45, 7) is 3.71. The predicted molar refractivity (Wildman–Crippen MR) is 119 cm³/mol. The van der Waals surface area contributed by atoms with Gasteiger partial charge in [-0.2, -0.15) is 10.5 Å². The lowest BCUT2D eigenvalue weighted by Gasteiger charge is -2.15. The predicted octanol–water partition coefficient (Wildman–Crippen LogP) is 3.70. The number of nitrogens with zero attached hydrogens (tertiary/aromatic N) is 6. The number of carbonyl (C=O) groups excluding carboxylic acids is 1. The van der Waals surface area contributed by atoms with Crippen molar-refractivity contribution in [2.24, 2.45) is 0 Å². The fraction of sp³-hybridized carbons (Fsp3) is 0.364. The van der Waals surface area contributed by atoms with Crippen LogP contribution < -0.4 is 5.32 Å². The molecule has 1 aliphatic rings. The summed E-state index contributed by atoms with van der Waals surface area (Å²) >= 11 is 1.51. The number of anilines is 1. The standard InChI is InChI=1S/C20H20N6OS.C2H3N/c21-13-14(19-24-16-5-1-2-6-17(16)28-19)15-8-10-23-20(25-15)22-9-4-12-26-11-3-7-18(26)27;1-2-3/h1-2,5-6,8,10,14H,3-4,7,9,11-12H2,(H,22,23,25);1H3. The van der Waals surface area contributed by atoms with Gasteiger partial charge in [-0.05, 0) is 31.0 Å². The summed E-state index contributed by atoms with van der Waals surface area (Å²) in [6.07, 6.45) is 4.11. The molecule has 158 valence electrons. The quantitative estimate of drug-likeness (QED) is 0.564. The molecule has 0 saturated carbocycles. The largest absolute Gasteiger partial charge is 0.354 e. The number of carbonyl (C=O) groups is 1. The fourth-order valence-corrected chi connectivity index (χ4v) is 4.32. The number of hydrogen-bond donors (Lipinski definition) is 1. The van der Waals surface area contributed by atoms with Crippen molar-refractivity contribution in [2.75, 3.05) is 25.0 Å². The average Bonchev–Trinajstić information content (AvgIpc) is 3.38. The van der Waals surface area contributed by atoms with Gasteiger partial charge < -0.3 is 10.2 Å². The smallest absolute Gasteiger partial charge is 0.222 e. The van der Waals surface area contributed by atoms with E-state index in [9.17, 15) is 10.1 Å². The molecule has 3 aromatic rings. The van der Waals surface area contributed by atoms with Crippen LogP contribution in [0, 0.1) is 22.7 Å². The molecule has 1 N–H and O–H groups in total. The number of para-hydroxylation sites is 1. The zero-order valence-corrected chi connectivity index (χ0v) is 18.1. The van der Waals surface area contributed by atoms with Crippen LogP contribution in [0.15, 0.2) is 36.5 Å². The molecule has 0 radical (unpaired) electrons. The lowest BCUT2D eigenvalue weighted by Crippen LogP contribution is -2.27. The third-order valence-electron chi connectivity index (χ3n) is 4.72. The summed E-state index contributed by atoms with van der Waals surface area (Å²) in [5, 5.41) is 21.0. The molecule has 2 aromatic heterocycles. The minimum atomic E-state index is -0.525. The maximum absolute atomic E-state index is 11.6. The Bertz CT molecular complexity index is 1080. The van der Waals surface area contributed by atoms with Gasteiger partial charge in [-0.3, -0.25) is 4.79 Å². The van der Waals surface area contributed by atoms with Crippen LogP contribution in [0.2, 0.25) is 0 Å². The van der Waals surface area contributed by atoms with E-state index in [1.165, 1.54) is 18.3 Å². The third-order valence-corrected chi connectivity index (χ3v) is 5.82.